The van der Waals surface area contributed by atoms with Gasteiger partial charge in [-0.3, -0.25) is 0 Å². The lowest BCUT2D eigenvalue weighted by Crippen LogP contribution is -2.36. The molecule has 0 spiro atoms. The van der Waals surface area contributed by atoms with Gasteiger partial charge in [0.2, 0.25) is 0 Å². The van der Waals surface area contributed by atoms with E-state index in [9.17, 15) is 13.2 Å². The molecule has 1 N–H and O–H groups in total. The molecule has 1 saturated heterocycles. The van der Waals surface area contributed by atoms with E-state index in [2.05, 4.69) is 20.5 Å². The average molecular weight is 445 g/mol. The van der Waals surface area contributed by atoms with Crippen molar-refractivity contribution in [1.29, 1.82) is 0 Å². The molecular formula is C23H26F3N5O. The highest BCUT2D eigenvalue weighted by Gasteiger charge is 2.23. The van der Waals surface area contributed by atoms with E-state index in [1.165, 1.54) is 24.4 Å². The summed E-state index contributed by atoms with van der Waals surface area (Å²) in [6, 6.07) is 10.6. The zero-order valence-electron chi connectivity index (χ0n) is 18.3. The van der Waals surface area contributed by atoms with E-state index < -0.39 is 11.7 Å². The Morgan fingerprint density at radius 2 is 1.69 bits per heavy atom. The van der Waals surface area contributed by atoms with Crippen LogP contribution in [0.4, 0.5) is 30.6 Å². The lowest BCUT2D eigenvalue weighted by Gasteiger charge is -2.28. The second kappa shape index (κ2) is 10.4. The van der Waals surface area contributed by atoms with Crippen molar-refractivity contribution in [2.75, 3.05) is 36.5 Å². The Kier molecular flexibility index (Phi) is 7.63. The summed E-state index contributed by atoms with van der Waals surface area (Å²) in [4.78, 5) is 6.38. The van der Waals surface area contributed by atoms with E-state index in [4.69, 9.17) is 4.74 Å². The summed E-state index contributed by atoms with van der Waals surface area (Å²) >= 11 is 0. The third-order valence-corrected chi connectivity index (χ3v) is 4.79. The zero-order valence-corrected chi connectivity index (χ0v) is 18.3. The summed E-state index contributed by atoms with van der Waals surface area (Å²) in [5.74, 6) is -2.46. The van der Waals surface area contributed by atoms with Crippen molar-refractivity contribution >= 4 is 17.5 Å². The normalized spacial score (nSPS) is 13.9. The number of ether oxygens (including phenoxy) is 1. The molecule has 1 aliphatic rings. The van der Waals surface area contributed by atoms with Crippen molar-refractivity contribution in [3.8, 4) is 11.1 Å². The number of aromatic nitrogens is 3. The molecule has 0 radical (unpaired) electrons. The van der Waals surface area contributed by atoms with Crippen LogP contribution < -0.4 is 10.2 Å². The third-order valence-electron chi connectivity index (χ3n) is 4.79. The van der Waals surface area contributed by atoms with Gasteiger partial charge in [0, 0.05) is 31.1 Å². The minimum absolute atomic E-state index is 0.0337. The summed E-state index contributed by atoms with van der Waals surface area (Å²) in [7, 11) is 0. The lowest BCUT2D eigenvalue weighted by atomic mass is 10.0. The Morgan fingerprint density at radius 1 is 1.00 bits per heavy atom. The molecule has 6 nitrogen and oxygen atoms in total. The van der Waals surface area contributed by atoms with Crippen molar-refractivity contribution in [2.24, 2.45) is 0 Å². The van der Waals surface area contributed by atoms with Gasteiger partial charge in [0.25, 0.3) is 5.92 Å². The van der Waals surface area contributed by atoms with Crippen molar-refractivity contribution in [3.05, 3.63) is 60.0 Å². The van der Waals surface area contributed by atoms with E-state index in [1.54, 1.807) is 24.3 Å². The second-order valence-electron chi connectivity index (χ2n) is 7.02. The van der Waals surface area contributed by atoms with Crippen LogP contribution >= 0.6 is 0 Å². The molecule has 0 bridgehead atoms. The molecule has 1 fully saturated rings. The van der Waals surface area contributed by atoms with Gasteiger partial charge in [-0.05, 0) is 23.8 Å². The van der Waals surface area contributed by atoms with Crippen molar-refractivity contribution < 1.29 is 17.9 Å². The number of benzene rings is 1. The largest absolute Gasteiger partial charge is 0.378 e. The highest BCUT2D eigenvalue weighted by molar-refractivity contribution is 5.67. The smallest absolute Gasteiger partial charge is 0.270 e. The first-order valence-electron chi connectivity index (χ1n) is 10.5. The predicted octanol–water partition coefficient (Wildman–Crippen LogP) is 5.40. The number of hydrogen-bond acceptors (Lipinski definition) is 6. The maximum Gasteiger partial charge on any atom is 0.270 e. The van der Waals surface area contributed by atoms with Crippen LogP contribution in [0.1, 0.15) is 26.3 Å². The molecule has 0 amide bonds. The molecule has 0 aliphatic carbocycles. The summed E-state index contributed by atoms with van der Waals surface area (Å²) in [5.41, 5.74) is 1.28. The summed E-state index contributed by atoms with van der Waals surface area (Å²) in [6.45, 7) is 7.40. The van der Waals surface area contributed by atoms with Gasteiger partial charge in [-0.25, -0.2) is 18.2 Å². The van der Waals surface area contributed by atoms with E-state index in [-0.39, 0.29) is 11.4 Å². The van der Waals surface area contributed by atoms with Crippen molar-refractivity contribution in [1.82, 2.24) is 15.2 Å². The van der Waals surface area contributed by atoms with Gasteiger partial charge in [0.1, 0.15) is 5.82 Å². The Balaban J connectivity index is 0.00000141. The Hall–Kier alpha value is -3.20. The Labute approximate surface area is 185 Å². The molecule has 0 saturated carbocycles. The molecule has 9 heteroatoms. The minimum atomic E-state index is -2.91. The minimum Gasteiger partial charge on any atom is -0.378 e. The van der Waals surface area contributed by atoms with E-state index in [0.717, 1.165) is 6.92 Å². The molecule has 2 aromatic heterocycles. The van der Waals surface area contributed by atoms with E-state index >= 15 is 0 Å². The zero-order chi connectivity index (χ0) is 23.1. The molecule has 0 atom stereocenters. The van der Waals surface area contributed by atoms with Gasteiger partial charge in [-0.15, -0.1) is 5.10 Å². The first kappa shape index (κ1) is 23.5. The van der Waals surface area contributed by atoms with Crippen molar-refractivity contribution in [3.63, 3.8) is 0 Å². The number of hydrogen-bond donors (Lipinski definition) is 1. The van der Waals surface area contributed by atoms with Crippen LogP contribution in [0.5, 0.6) is 0 Å². The molecule has 1 aromatic carbocycles. The third kappa shape index (κ3) is 5.73. The summed E-state index contributed by atoms with van der Waals surface area (Å²) < 4.78 is 46.5. The number of anilines is 3. The SMILES string of the molecule is CC.CC(F)(F)c1ccc(-c2cnnc(Nc3nc(N4CCOCC4)ccc3F)c2)cc1. The number of nitrogens with one attached hydrogen (secondary N) is 1. The maximum atomic E-state index is 14.3. The number of pyridine rings is 1. The predicted molar refractivity (Wildman–Crippen MR) is 119 cm³/mol. The Morgan fingerprint density at radius 3 is 2.34 bits per heavy atom. The van der Waals surface area contributed by atoms with Crippen LogP contribution in [-0.4, -0.2) is 41.5 Å². The quantitative estimate of drug-likeness (QED) is 0.568. The number of halogens is 3. The summed E-state index contributed by atoms with van der Waals surface area (Å²) in [5, 5.41) is 10.8. The number of nitrogens with zero attached hydrogens (tertiary/aromatic N) is 4. The van der Waals surface area contributed by atoms with Gasteiger partial charge in [-0.2, -0.15) is 5.10 Å². The maximum absolute atomic E-state index is 14.3. The molecule has 3 heterocycles. The molecule has 1 aliphatic heterocycles. The fourth-order valence-electron chi connectivity index (χ4n) is 3.15. The fraction of sp³-hybridized carbons (Fsp3) is 0.348. The van der Waals surface area contributed by atoms with Crippen LogP contribution in [0.3, 0.4) is 0 Å². The Bertz CT molecular complexity index is 1020. The standard InChI is InChI=1S/C21H20F3N5O.C2H6/c1-21(23,24)16-4-2-14(3-5-16)15-12-18(28-25-13-15)26-20-17(22)6-7-19(27-20)29-8-10-30-11-9-29;1-2/h2-7,12-13H,8-11H2,1H3,(H,26,27,28);1-2H3. The van der Waals surface area contributed by atoms with Gasteiger partial charge < -0.3 is 15.0 Å². The average Bonchev–Trinajstić information content (AvgIpc) is 2.82. The lowest BCUT2D eigenvalue weighted by molar-refractivity contribution is 0.0175. The molecule has 4 rings (SSSR count). The first-order valence-corrected chi connectivity index (χ1v) is 10.5. The topological polar surface area (TPSA) is 63.2 Å². The molecule has 32 heavy (non-hydrogen) atoms. The van der Waals surface area contributed by atoms with E-state index in [0.29, 0.717) is 49.1 Å². The second-order valence-corrected chi connectivity index (χ2v) is 7.02. The van der Waals surface area contributed by atoms with Crippen LogP contribution in [0.25, 0.3) is 11.1 Å². The van der Waals surface area contributed by atoms with Gasteiger partial charge in [-0.1, -0.05) is 38.1 Å². The molecule has 0 unspecified atom stereocenters. The molecule has 3 aromatic rings. The monoisotopic (exact) mass is 445 g/mol. The number of alkyl halides is 2. The van der Waals surface area contributed by atoms with E-state index in [1.807, 2.05) is 18.7 Å². The van der Waals surface area contributed by atoms with Crippen molar-refractivity contribution in [2.45, 2.75) is 26.7 Å². The highest BCUT2D eigenvalue weighted by atomic mass is 19.3. The molecule has 170 valence electrons. The van der Waals surface area contributed by atoms with Crippen LogP contribution in [0.15, 0.2) is 48.7 Å². The van der Waals surface area contributed by atoms with Gasteiger partial charge in [0.15, 0.2) is 17.5 Å². The van der Waals surface area contributed by atoms with Crippen LogP contribution in [-0.2, 0) is 10.7 Å². The summed E-state index contributed by atoms with van der Waals surface area (Å²) in [6.07, 6.45) is 1.51. The van der Waals surface area contributed by atoms with Crippen LogP contribution in [0.2, 0.25) is 0 Å². The number of morpholine rings is 1. The molecular weight excluding hydrogens is 419 g/mol. The fourth-order valence-corrected chi connectivity index (χ4v) is 3.15. The van der Waals surface area contributed by atoms with Gasteiger partial charge in [0.05, 0.1) is 19.4 Å². The van der Waals surface area contributed by atoms with Gasteiger partial charge >= 0.3 is 0 Å². The van der Waals surface area contributed by atoms with Crippen LogP contribution in [0, 0.1) is 5.82 Å². The first-order chi connectivity index (χ1) is 15.4. The highest BCUT2D eigenvalue weighted by Crippen LogP contribution is 2.30. The number of rotatable bonds is 5.